The Morgan fingerprint density at radius 3 is 2.83 bits per heavy atom. The van der Waals surface area contributed by atoms with E-state index in [2.05, 4.69) is 4.98 Å². The fourth-order valence-electron chi connectivity index (χ4n) is 1.54. The van der Waals surface area contributed by atoms with Gasteiger partial charge in [0.2, 0.25) is 0 Å². The van der Waals surface area contributed by atoms with E-state index in [-0.39, 0.29) is 17.5 Å². The van der Waals surface area contributed by atoms with Gasteiger partial charge >= 0.3 is 5.97 Å². The Kier molecular flexibility index (Phi) is 5.51. The van der Waals surface area contributed by atoms with E-state index in [0.717, 1.165) is 0 Å². The molecule has 0 fully saturated rings. The molecule has 1 aromatic rings. The van der Waals surface area contributed by atoms with Crippen molar-refractivity contribution in [3.05, 3.63) is 23.9 Å². The molecule has 0 saturated carbocycles. The molecule has 1 rings (SSSR count). The first kappa shape index (κ1) is 14.4. The maximum Gasteiger partial charge on any atom is 0.325 e. The van der Waals surface area contributed by atoms with Gasteiger partial charge in [-0.15, -0.1) is 0 Å². The number of esters is 1. The number of nitrogens with zero attached hydrogens (tertiary/aromatic N) is 2. The fraction of sp³-hybridized carbons (Fsp3) is 0.417. The summed E-state index contributed by atoms with van der Waals surface area (Å²) in [4.78, 5) is 17.8. The first-order chi connectivity index (χ1) is 8.60. The molecule has 18 heavy (non-hydrogen) atoms. The van der Waals surface area contributed by atoms with Gasteiger partial charge in [0, 0.05) is 12.7 Å². The van der Waals surface area contributed by atoms with Crippen LogP contribution in [0.4, 0.5) is 5.82 Å². The van der Waals surface area contributed by atoms with Gasteiger partial charge in [-0.3, -0.25) is 4.79 Å². The highest BCUT2D eigenvalue weighted by atomic mass is 32.1. The van der Waals surface area contributed by atoms with Crippen LogP contribution in [0.5, 0.6) is 0 Å². The normalized spacial score (nSPS) is 9.89. The van der Waals surface area contributed by atoms with Crippen molar-refractivity contribution in [2.24, 2.45) is 5.73 Å². The molecule has 1 aromatic heterocycles. The Morgan fingerprint density at radius 1 is 1.56 bits per heavy atom. The van der Waals surface area contributed by atoms with E-state index in [4.69, 9.17) is 22.7 Å². The third-order valence-electron chi connectivity index (χ3n) is 2.36. The monoisotopic (exact) mass is 267 g/mol. The molecule has 1 heterocycles. The molecule has 0 spiro atoms. The third-order valence-corrected chi connectivity index (χ3v) is 2.58. The molecule has 98 valence electrons. The number of likely N-dealkylation sites (N-methyl/N-ethyl adjacent to an activating group) is 1. The summed E-state index contributed by atoms with van der Waals surface area (Å²) >= 11 is 4.98. The fourth-order valence-corrected chi connectivity index (χ4v) is 1.70. The molecule has 0 atom stereocenters. The summed E-state index contributed by atoms with van der Waals surface area (Å²) in [6.45, 7) is 4.82. The molecule has 0 radical (unpaired) electrons. The molecule has 2 N–H and O–H groups in total. The minimum atomic E-state index is -0.293. The van der Waals surface area contributed by atoms with Crippen LogP contribution in [-0.4, -0.2) is 35.6 Å². The molecule has 0 aliphatic rings. The Hall–Kier alpha value is -1.69. The lowest BCUT2D eigenvalue weighted by Gasteiger charge is -2.22. The van der Waals surface area contributed by atoms with Gasteiger partial charge in [0.05, 0.1) is 12.2 Å². The van der Waals surface area contributed by atoms with Crippen LogP contribution in [0.15, 0.2) is 18.3 Å². The number of nitrogens with two attached hydrogens (primary N) is 1. The van der Waals surface area contributed by atoms with Crippen LogP contribution >= 0.6 is 12.2 Å². The minimum absolute atomic E-state index is 0.136. The van der Waals surface area contributed by atoms with E-state index in [1.54, 1.807) is 30.2 Å². The lowest BCUT2D eigenvalue weighted by Crippen LogP contribution is -2.33. The summed E-state index contributed by atoms with van der Waals surface area (Å²) in [5, 5.41) is 0. The minimum Gasteiger partial charge on any atom is -0.465 e. The zero-order valence-corrected chi connectivity index (χ0v) is 11.4. The van der Waals surface area contributed by atoms with Crippen molar-refractivity contribution < 1.29 is 9.53 Å². The van der Waals surface area contributed by atoms with Gasteiger partial charge in [-0.1, -0.05) is 12.2 Å². The second kappa shape index (κ2) is 6.90. The highest BCUT2D eigenvalue weighted by Crippen LogP contribution is 2.16. The number of anilines is 1. The molecule has 0 aliphatic carbocycles. The van der Waals surface area contributed by atoms with Gasteiger partial charge in [0.15, 0.2) is 0 Å². The van der Waals surface area contributed by atoms with Crippen molar-refractivity contribution in [1.29, 1.82) is 0 Å². The largest absolute Gasteiger partial charge is 0.465 e. The predicted molar refractivity (Wildman–Crippen MR) is 74.6 cm³/mol. The number of carbonyl (C=O) groups is 1. The van der Waals surface area contributed by atoms with E-state index in [9.17, 15) is 4.79 Å². The molecule has 0 saturated heterocycles. The molecule has 5 nitrogen and oxygen atoms in total. The second-order valence-corrected chi connectivity index (χ2v) is 4.00. The molecule has 0 unspecified atom stereocenters. The summed E-state index contributed by atoms with van der Waals surface area (Å²) in [6.07, 6.45) is 1.64. The van der Waals surface area contributed by atoms with Crippen LogP contribution in [0.25, 0.3) is 0 Å². The van der Waals surface area contributed by atoms with Gasteiger partial charge in [-0.2, -0.15) is 0 Å². The SMILES string of the molecule is CCOC(=O)CN(CC)c1ncccc1C(N)=S. The Bertz CT molecular complexity index is 437. The number of aromatic nitrogens is 1. The lowest BCUT2D eigenvalue weighted by molar-refractivity contribution is -0.141. The number of hydrogen-bond donors (Lipinski definition) is 1. The van der Waals surface area contributed by atoms with E-state index in [1.807, 2.05) is 6.92 Å². The molecule has 0 bridgehead atoms. The van der Waals surface area contributed by atoms with Crippen LogP contribution in [0.2, 0.25) is 0 Å². The first-order valence-electron chi connectivity index (χ1n) is 5.75. The van der Waals surface area contributed by atoms with Gasteiger partial charge < -0.3 is 15.4 Å². The molecule has 0 amide bonds. The zero-order chi connectivity index (χ0) is 13.5. The van der Waals surface area contributed by atoms with E-state index in [1.165, 1.54) is 0 Å². The Balaban J connectivity index is 2.94. The highest BCUT2D eigenvalue weighted by molar-refractivity contribution is 7.80. The van der Waals surface area contributed by atoms with Crippen LogP contribution < -0.4 is 10.6 Å². The predicted octanol–water partition coefficient (Wildman–Crippen LogP) is 1.11. The topological polar surface area (TPSA) is 68.5 Å². The highest BCUT2D eigenvalue weighted by Gasteiger charge is 2.16. The van der Waals surface area contributed by atoms with Crippen LogP contribution in [-0.2, 0) is 9.53 Å². The van der Waals surface area contributed by atoms with E-state index in [0.29, 0.717) is 24.5 Å². The number of carbonyl (C=O) groups excluding carboxylic acids is 1. The van der Waals surface area contributed by atoms with Gasteiger partial charge in [-0.25, -0.2) is 4.98 Å². The van der Waals surface area contributed by atoms with Crippen molar-refractivity contribution in [2.45, 2.75) is 13.8 Å². The maximum atomic E-state index is 11.5. The number of rotatable bonds is 6. The Morgan fingerprint density at radius 2 is 2.28 bits per heavy atom. The van der Waals surface area contributed by atoms with E-state index < -0.39 is 0 Å². The second-order valence-electron chi connectivity index (χ2n) is 3.56. The maximum absolute atomic E-state index is 11.5. The summed E-state index contributed by atoms with van der Waals surface area (Å²) in [5.41, 5.74) is 6.31. The van der Waals surface area contributed by atoms with Gasteiger partial charge in [0.1, 0.15) is 17.4 Å². The van der Waals surface area contributed by atoms with Crippen LogP contribution in [0, 0.1) is 0 Å². The molecular formula is C12H17N3O2S. The van der Waals surface area contributed by atoms with Crippen molar-refractivity contribution in [2.75, 3.05) is 24.6 Å². The summed E-state index contributed by atoms with van der Waals surface area (Å²) in [6, 6.07) is 3.55. The van der Waals surface area contributed by atoms with Crippen LogP contribution in [0.3, 0.4) is 0 Å². The quantitative estimate of drug-likeness (QED) is 0.615. The average molecular weight is 267 g/mol. The van der Waals surface area contributed by atoms with Gasteiger partial charge in [0.25, 0.3) is 0 Å². The third kappa shape index (κ3) is 3.66. The standard InChI is InChI=1S/C12H17N3O2S/c1-3-15(8-10(16)17-4-2)12-9(11(13)18)6-5-7-14-12/h5-7H,3-4,8H2,1-2H3,(H2,13,18). The molecule has 0 aliphatic heterocycles. The van der Waals surface area contributed by atoms with Crippen molar-refractivity contribution >= 4 is 29.0 Å². The van der Waals surface area contributed by atoms with Crippen molar-refractivity contribution in [3.63, 3.8) is 0 Å². The summed E-state index contributed by atoms with van der Waals surface area (Å²) < 4.78 is 4.92. The zero-order valence-electron chi connectivity index (χ0n) is 10.5. The Labute approximate surface area is 112 Å². The molecule has 6 heteroatoms. The number of hydrogen-bond acceptors (Lipinski definition) is 5. The van der Waals surface area contributed by atoms with Crippen molar-refractivity contribution in [3.8, 4) is 0 Å². The first-order valence-corrected chi connectivity index (χ1v) is 6.16. The lowest BCUT2D eigenvalue weighted by atomic mass is 10.2. The van der Waals surface area contributed by atoms with E-state index >= 15 is 0 Å². The number of pyridine rings is 1. The summed E-state index contributed by atoms with van der Waals surface area (Å²) in [7, 11) is 0. The smallest absolute Gasteiger partial charge is 0.325 e. The molecule has 0 aromatic carbocycles. The average Bonchev–Trinajstić information content (AvgIpc) is 2.36. The summed E-state index contributed by atoms with van der Waals surface area (Å²) in [5.74, 6) is 0.319. The number of thiocarbonyl (C=S) groups is 1. The number of ether oxygens (including phenoxy) is 1. The van der Waals surface area contributed by atoms with Gasteiger partial charge in [-0.05, 0) is 26.0 Å². The van der Waals surface area contributed by atoms with Crippen molar-refractivity contribution in [1.82, 2.24) is 4.98 Å². The molecular weight excluding hydrogens is 250 g/mol. The van der Waals surface area contributed by atoms with Crippen LogP contribution in [0.1, 0.15) is 19.4 Å².